The van der Waals surface area contributed by atoms with Crippen LogP contribution in [0.25, 0.3) is 16.7 Å². The van der Waals surface area contributed by atoms with Crippen LogP contribution < -0.4 is 15.2 Å². The second-order valence-electron chi connectivity index (χ2n) is 6.26. The smallest absolute Gasteiger partial charge is 0.174 e. The summed E-state index contributed by atoms with van der Waals surface area (Å²) in [4.78, 5) is 4.86. The summed E-state index contributed by atoms with van der Waals surface area (Å²) in [6, 6.07) is 22.0. The second kappa shape index (κ2) is 7.86. The first kappa shape index (κ1) is 18.3. The number of benzene rings is 3. The fraction of sp³-hybridized carbons (Fsp3) is 0.136. The number of methoxy groups -OCH3 is 2. The number of anilines is 1. The number of rotatable bonds is 6. The molecular formula is C22H21N3O2S. The maximum absolute atomic E-state index is 6.29. The third kappa shape index (κ3) is 3.39. The van der Waals surface area contributed by atoms with Gasteiger partial charge in [-0.2, -0.15) is 0 Å². The lowest BCUT2D eigenvalue weighted by molar-refractivity contribution is 0.355. The van der Waals surface area contributed by atoms with Crippen LogP contribution in [0, 0.1) is 0 Å². The van der Waals surface area contributed by atoms with Gasteiger partial charge in [-0.25, -0.2) is 4.98 Å². The first-order valence-corrected chi connectivity index (χ1v) is 9.86. The molecule has 0 radical (unpaired) electrons. The zero-order chi connectivity index (χ0) is 19.5. The molecule has 0 aliphatic rings. The zero-order valence-electron chi connectivity index (χ0n) is 15.8. The normalized spacial score (nSPS) is 10.9. The highest BCUT2D eigenvalue weighted by Crippen LogP contribution is 2.37. The number of para-hydroxylation sites is 2. The van der Waals surface area contributed by atoms with Gasteiger partial charge in [0.25, 0.3) is 0 Å². The van der Waals surface area contributed by atoms with Crippen LogP contribution in [0.5, 0.6) is 11.5 Å². The van der Waals surface area contributed by atoms with Crippen LogP contribution in [0.4, 0.5) is 5.69 Å². The molecule has 0 amide bonds. The van der Waals surface area contributed by atoms with E-state index >= 15 is 0 Å². The summed E-state index contributed by atoms with van der Waals surface area (Å²) in [6.45, 7) is 0. The minimum absolute atomic E-state index is 0.653. The summed E-state index contributed by atoms with van der Waals surface area (Å²) in [7, 11) is 3.26. The molecule has 4 rings (SSSR count). The highest BCUT2D eigenvalue weighted by molar-refractivity contribution is 7.98. The topological polar surface area (TPSA) is 62.3 Å². The Morgan fingerprint density at radius 3 is 2.32 bits per heavy atom. The fourth-order valence-corrected chi connectivity index (χ4v) is 4.10. The van der Waals surface area contributed by atoms with E-state index in [1.807, 2.05) is 54.6 Å². The Balaban J connectivity index is 1.87. The van der Waals surface area contributed by atoms with Gasteiger partial charge in [-0.05, 0) is 17.7 Å². The number of thioether (sulfide) groups is 1. The van der Waals surface area contributed by atoms with Crippen molar-refractivity contribution in [3.05, 3.63) is 72.3 Å². The van der Waals surface area contributed by atoms with Gasteiger partial charge in [0.2, 0.25) is 0 Å². The van der Waals surface area contributed by atoms with E-state index < -0.39 is 0 Å². The van der Waals surface area contributed by atoms with Gasteiger partial charge < -0.3 is 15.2 Å². The van der Waals surface area contributed by atoms with Crippen molar-refractivity contribution in [3.63, 3.8) is 0 Å². The van der Waals surface area contributed by atoms with Crippen LogP contribution in [0.1, 0.15) is 5.56 Å². The summed E-state index contributed by atoms with van der Waals surface area (Å²) in [5.41, 5.74) is 10.9. The van der Waals surface area contributed by atoms with Gasteiger partial charge >= 0.3 is 0 Å². The number of aromatic nitrogens is 2. The van der Waals surface area contributed by atoms with E-state index in [0.717, 1.165) is 27.6 Å². The van der Waals surface area contributed by atoms with Crippen molar-refractivity contribution in [2.75, 3.05) is 20.0 Å². The predicted octanol–water partition coefficient (Wildman–Crippen LogP) is 4.92. The lowest BCUT2D eigenvalue weighted by Gasteiger charge is -2.12. The Labute approximate surface area is 168 Å². The van der Waals surface area contributed by atoms with Gasteiger partial charge in [-0.1, -0.05) is 54.2 Å². The van der Waals surface area contributed by atoms with Gasteiger partial charge in [-0.15, -0.1) is 0 Å². The van der Waals surface area contributed by atoms with Gasteiger partial charge in [0, 0.05) is 17.9 Å². The van der Waals surface area contributed by atoms with Crippen molar-refractivity contribution in [3.8, 4) is 17.2 Å². The molecule has 0 spiro atoms. The SMILES string of the molecule is COc1cc2nc(SCc3ccccc3)n(-c3ccccc3N)c2cc1OC. The monoisotopic (exact) mass is 391 g/mol. The van der Waals surface area contributed by atoms with E-state index in [1.54, 1.807) is 26.0 Å². The number of imidazole rings is 1. The molecule has 142 valence electrons. The highest BCUT2D eigenvalue weighted by Gasteiger charge is 2.18. The predicted molar refractivity (Wildman–Crippen MR) is 115 cm³/mol. The number of nitrogens with zero attached hydrogens (tertiary/aromatic N) is 2. The zero-order valence-corrected chi connectivity index (χ0v) is 16.6. The molecule has 1 aromatic heterocycles. The Morgan fingerprint density at radius 2 is 1.61 bits per heavy atom. The molecule has 5 nitrogen and oxygen atoms in total. The molecule has 0 saturated carbocycles. The number of nitrogen functional groups attached to an aromatic ring is 1. The van der Waals surface area contributed by atoms with Gasteiger partial charge in [0.05, 0.1) is 36.6 Å². The van der Waals surface area contributed by atoms with E-state index in [4.69, 9.17) is 20.2 Å². The number of nitrogens with two attached hydrogens (primary N) is 1. The molecule has 6 heteroatoms. The summed E-state index contributed by atoms with van der Waals surface area (Å²) >= 11 is 1.67. The third-order valence-electron chi connectivity index (χ3n) is 4.52. The standard InChI is InChI=1S/C22H21N3O2S/c1-26-20-12-17-19(13-21(20)27-2)25(18-11-7-6-10-16(18)23)22(24-17)28-14-15-8-4-3-5-9-15/h3-13H,14,23H2,1-2H3. The van der Waals surface area contributed by atoms with E-state index in [9.17, 15) is 0 Å². The number of fused-ring (bicyclic) bond motifs is 1. The van der Waals surface area contributed by atoms with Gasteiger partial charge in [0.1, 0.15) is 0 Å². The van der Waals surface area contributed by atoms with E-state index in [2.05, 4.69) is 16.7 Å². The minimum atomic E-state index is 0.653. The van der Waals surface area contributed by atoms with Crippen molar-refractivity contribution in [1.29, 1.82) is 0 Å². The van der Waals surface area contributed by atoms with Crippen molar-refractivity contribution in [1.82, 2.24) is 9.55 Å². The first-order chi connectivity index (χ1) is 13.7. The Morgan fingerprint density at radius 1 is 0.929 bits per heavy atom. The van der Waals surface area contributed by atoms with E-state index in [-0.39, 0.29) is 0 Å². The van der Waals surface area contributed by atoms with Crippen molar-refractivity contribution < 1.29 is 9.47 Å². The van der Waals surface area contributed by atoms with Crippen LogP contribution in [0.15, 0.2) is 71.9 Å². The average Bonchev–Trinajstić information content (AvgIpc) is 3.09. The quantitative estimate of drug-likeness (QED) is 0.373. The van der Waals surface area contributed by atoms with E-state index in [0.29, 0.717) is 17.2 Å². The summed E-state index contributed by atoms with van der Waals surface area (Å²) < 4.78 is 13.0. The molecule has 0 aliphatic carbocycles. The lowest BCUT2D eigenvalue weighted by Crippen LogP contribution is -2.01. The number of ether oxygens (including phenoxy) is 2. The summed E-state index contributed by atoms with van der Waals surface area (Å²) in [5, 5.41) is 0.868. The Hall–Kier alpha value is -3.12. The Kier molecular flexibility index (Phi) is 5.12. The molecule has 0 atom stereocenters. The Bertz CT molecular complexity index is 1110. The molecule has 0 bridgehead atoms. The maximum Gasteiger partial charge on any atom is 0.174 e. The molecule has 4 aromatic rings. The second-order valence-corrected chi connectivity index (χ2v) is 7.20. The van der Waals surface area contributed by atoms with Gasteiger partial charge in [0.15, 0.2) is 16.7 Å². The summed E-state index contributed by atoms with van der Waals surface area (Å²) in [6.07, 6.45) is 0. The summed E-state index contributed by atoms with van der Waals surface area (Å²) in [5.74, 6) is 2.12. The number of hydrogen-bond acceptors (Lipinski definition) is 5. The molecule has 0 unspecified atom stereocenters. The molecule has 2 N–H and O–H groups in total. The van der Waals surface area contributed by atoms with Crippen molar-refractivity contribution in [2.45, 2.75) is 10.9 Å². The molecular weight excluding hydrogens is 370 g/mol. The minimum Gasteiger partial charge on any atom is -0.493 e. The molecule has 28 heavy (non-hydrogen) atoms. The van der Waals surface area contributed by atoms with Crippen LogP contribution in [0.3, 0.4) is 0 Å². The van der Waals surface area contributed by atoms with Crippen molar-refractivity contribution >= 4 is 28.5 Å². The van der Waals surface area contributed by atoms with Gasteiger partial charge in [-0.3, -0.25) is 4.57 Å². The molecule has 3 aromatic carbocycles. The molecule has 0 aliphatic heterocycles. The molecule has 1 heterocycles. The first-order valence-electron chi connectivity index (χ1n) is 8.87. The highest BCUT2D eigenvalue weighted by atomic mass is 32.2. The van der Waals surface area contributed by atoms with Crippen LogP contribution in [-0.4, -0.2) is 23.8 Å². The lowest BCUT2D eigenvalue weighted by atomic mass is 10.2. The maximum atomic E-state index is 6.29. The molecule has 0 fully saturated rings. The van der Waals surface area contributed by atoms with Crippen molar-refractivity contribution in [2.24, 2.45) is 0 Å². The van der Waals surface area contributed by atoms with Crippen LogP contribution in [-0.2, 0) is 5.75 Å². The number of hydrogen-bond donors (Lipinski definition) is 1. The fourth-order valence-electron chi connectivity index (χ4n) is 3.13. The van der Waals surface area contributed by atoms with E-state index in [1.165, 1.54) is 5.56 Å². The van der Waals surface area contributed by atoms with Crippen LogP contribution >= 0.6 is 11.8 Å². The third-order valence-corrected chi connectivity index (χ3v) is 5.53. The largest absolute Gasteiger partial charge is 0.493 e. The molecule has 0 saturated heterocycles. The average molecular weight is 391 g/mol. The van der Waals surface area contributed by atoms with Crippen LogP contribution in [0.2, 0.25) is 0 Å².